The van der Waals surface area contributed by atoms with Crippen LogP contribution in [0.3, 0.4) is 0 Å². The minimum atomic E-state index is 0.287. The molecule has 1 fully saturated rings. The van der Waals surface area contributed by atoms with Crippen molar-refractivity contribution < 1.29 is 4.74 Å². The Morgan fingerprint density at radius 1 is 1.38 bits per heavy atom. The van der Waals surface area contributed by atoms with Gasteiger partial charge in [-0.15, -0.1) is 0 Å². The van der Waals surface area contributed by atoms with E-state index in [2.05, 4.69) is 15.0 Å². The zero-order chi connectivity index (χ0) is 11.1. The molecule has 2 aromatic rings. The fourth-order valence-corrected chi connectivity index (χ4v) is 2.14. The Morgan fingerprint density at radius 2 is 2.25 bits per heavy atom. The molecule has 1 atom stereocenters. The fourth-order valence-electron chi connectivity index (χ4n) is 1.86. The van der Waals surface area contributed by atoms with E-state index >= 15 is 0 Å². The lowest BCUT2D eigenvalue weighted by Gasteiger charge is -2.00. The van der Waals surface area contributed by atoms with Crippen LogP contribution in [0.1, 0.15) is 18.2 Å². The molecule has 3 rings (SSSR count). The second kappa shape index (κ2) is 3.87. The third kappa shape index (κ3) is 1.67. The molecule has 0 radical (unpaired) electrons. The summed E-state index contributed by atoms with van der Waals surface area (Å²) in [6.45, 7) is 1.50. The number of aromatic nitrogens is 3. The van der Waals surface area contributed by atoms with Crippen LogP contribution in [0.2, 0.25) is 10.2 Å². The number of ether oxygens (including phenoxy) is 1. The monoisotopic (exact) mass is 257 g/mol. The first kappa shape index (κ1) is 10.3. The second-order valence-corrected chi connectivity index (χ2v) is 4.58. The number of hydrogen-bond acceptors (Lipinski definition) is 3. The van der Waals surface area contributed by atoms with Crippen LogP contribution in [-0.4, -0.2) is 28.2 Å². The van der Waals surface area contributed by atoms with Gasteiger partial charge in [0.15, 0.2) is 5.65 Å². The predicted octanol–water partition coefficient (Wildman–Crippen LogP) is 2.77. The van der Waals surface area contributed by atoms with E-state index in [9.17, 15) is 0 Å². The molecule has 1 aliphatic heterocycles. The van der Waals surface area contributed by atoms with Crippen molar-refractivity contribution >= 4 is 34.4 Å². The minimum absolute atomic E-state index is 0.287. The Bertz CT molecular complexity index is 495. The zero-order valence-electron chi connectivity index (χ0n) is 8.33. The lowest BCUT2D eigenvalue weighted by atomic mass is 10.1. The number of pyridine rings is 1. The average molecular weight is 258 g/mol. The summed E-state index contributed by atoms with van der Waals surface area (Å²) in [7, 11) is 0. The maximum Gasteiger partial charge on any atom is 0.179 e. The Kier molecular flexibility index (Phi) is 2.50. The van der Waals surface area contributed by atoms with Crippen molar-refractivity contribution in [3.63, 3.8) is 0 Å². The van der Waals surface area contributed by atoms with Gasteiger partial charge in [-0.1, -0.05) is 23.2 Å². The molecule has 0 saturated carbocycles. The number of nitrogens with zero attached hydrogens (tertiary/aromatic N) is 2. The summed E-state index contributed by atoms with van der Waals surface area (Å²) >= 11 is 11.7. The summed E-state index contributed by atoms with van der Waals surface area (Å²) in [6.07, 6.45) is 0.987. The third-order valence-corrected chi connectivity index (χ3v) is 3.39. The van der Waals surface area contributed by atoms with Crippen molar-refractivity contribution in [3.05, 3.63) is 22.1 Å². The molecule has 1 unspecified atom stereocenters. The first-order valence-electron chi connectivity index (χ1n) is 5.03. The highest BCUT2D eigenvalue weighted by atomic mass is 35.5. The standard InChI is InChI=1S/C10H9Cl2N3O/c11-6-3-7-10(14-8(6)12)15-9(13-7)5-1-2-16-4-5/h3,5H,1-2,4H2,(H,13,14,15). The minimum Gasteiger partial charge on any atom is -0.381 e. The highest BCUT2D eigenvalue weighted by Gasteiger charge is 2.21. The maximum atomic E-state index is 5.89. The van der Waals surface area contributed by atoms with E-state index in [1.54, 1.807) is 6.07 Å². The Morgan fingerprint density at radius 3 is 3.00 bits per heavy atom. The van der Waals surface area contributed by atoms with Gasteiger partial charge in [0.05, 0.1) is 17.1 Å². The molecule has 1 saturated heterocycles. The van der Waals surface area contributed by atoms with Crippen molar-refractivity contribution in [1.82, 2.24) is 15.0 Å². The van der Waals surface area contributed by atoms with Gasteiger partial charge in [0.1, 0.15) is 11.0 Å². The first-order valence-corrected chi connectivity index (χ1v) is 5.79. The van der Waals surface area contributed by atoms with Crippen LogP contribution in [0.25, 0.3) is 11.2 Å². The highest BCUT2D eigenvalue weighted by molar-refractivity contribution is 6.41. The predicted molar refractivity (Wildman–Crippen MR) is 62.1 cm³/mol. The molecule has 1 N–H and O–H groups in total. The molecule has 3 heterocycles. The van der Waals surface area contributed by atoms with Gasteiger partial charge >= 0.3 is 0 Å². The van der Waals surface area contributed by atoms with Crippen LogP contribution in [0, 0.1) is 0 Å². The molecule has 0 amide bonds. The van der Waals surface area contributed by atoms with Crippen LogP contribution in [-0.2, 0) is 4.74 Å². The van der Waals surface area contributed by atoms with E-state index < -0.39 is 0 Å². The molecule has 0 aromatic carbocycles. The zero-order valence-corrected chi connectivity index (χ0v) is 9.85. The molecule has 4 nitrogen and oxygen atoms in total. The van der Waals surface area contributed by atoms with E-state index in [4.69, 9.17) is 27.9 Å². The summed E-state index contributed by atoms with van der Waals surface area (Å²) in [4.78, 5) is 11.7. The van der Waals surface area contributed by atoms with Crippen LogP contribution in [0.15, 0.2) is 6.07 Å². The van der Waals surface area contributed by atoms with Gasteiger partial charge in [-0.05, 0) is 12.5 Å². The van der Waals surface area contributed by atoms with Crippen LogP contribution in [0.4, 0.5) is 0 Å². The van der Waals surface area contributed by atoms with Gasteiger partial charge in [-0.2, -0.15) is 0 Å². The van der Waals surface area contributed by atoms with Gasteiger partial charge in [0.25, 0.3) is 0 Å². The molecular weight excluding hydrogens is 249 g/mol. The molecule has 0 bridgehead atoms. The van der Waals surface area contributed by atoms with Crippen molar-refractivity contribution in [1.29, 1.82) is 0 Å². The topological polar surface area (TPSA) is 50.8 Å². The Balaban J connectivity index is 2.08. The fraction of sp³-hybridized carbons (Fsp3) is 0.400. The van der Waals surface area contributed by atoms with Crippen molar-refractivity contribution in [3.8, 4) is 0 Å². The average Bonchev–Trinajstić information content (AvgIpc) is 2.86. The van der Waals surface area contributed by atoms with Gasteiger partial charge < -0.3 is 9.72 Å². The molecule has 16 heavy (non-hydrogen) atoms. The van der Waals surface area contributed by atoms with E-state index in [1.807, 2.05) is 0 Å². The SMILES string of the molecule is Clc1cc2[nH]c(C3CCOC3)nc2nc1Cl. The number of fused-ring (bicyclic) bond motifs is 1. The largest absolute Gasteiger partial charge is 0.381 e. The molecule has 0 spiro atoms. The summed E-state index contributed by atoms with van der Waals surface area (Å²) in [5.41, 5.74) is 1.42. The lowest BCUT2D eigenvalue weighted by Crippen LogP contribution is -1.99. The van der Waals surface area contributed by atoms with E-state index in [1.165, 1.54) is 0 Å². The van der Waals surface area contributed by atoms with Gasteiger partial charge in [0.2, 0.25) is 0 Å². The lowest BCUT2D eigenvalue weighted by molar-refractivity contribution is 0.193. The molecule has 1 aliphatic rings. The Labute approximate surface area is 102 Å². The number of hydrogen-bond donors (Lipinski definition) is 1. The van der Waals surface area contributed by atoms with Crippen LogP contribution >= 0.6 is 23.2 Å². The number of rotatable bonds is 1. The summed E-state index contributed by atoms with van der Waals surface area (Å²) in [5, 5.41) is 0.724. The molecule has 84 valence electrons. The number of nitrogens with one attached hydrogen (secondary N) is 1. The van der Waals surface area contributed by atoms with Crippen molar-refractivity contribution in [2.24, 2.45) is 0 Å². The summed E-state index contributed by atoms with van der Waals surface area (Å²) < 4.78 is 5.32. The molecular formula is C10H9Cl2N3O. The summed E-state index contributed by atoms with van der Waals surface area (Å²) in [5.74, 6) is 1.23. The number of H-pyrrole nitrogens is 1. The molecule has 6 heteroatoms. The molecule has 0 aliphatic carbocycles. The van der Waals surface area contributed by atoms with Crippen molar-refractivity contribution in [2.75, 3.05) is 13.2 Å². The highest BCUT2D eigenvalue weighted by Crippen LogP contribution is 2.27. The van der Waals surface area contributed by atoms with E-state index in [0.717, 1.165) is 24.4 Å². The van der Waals surface area contributed by atoms with E-state index in [-0.39, 0.29) is 5.15 Å². The van der Waals surface area contributed by atoms with Crippen LogP contribution < -0.4 is 0 Å². The van der Waals surface area contributed by atoms with Gasteiger partial charge in [-0.25, -0.2) is 9.97 Å². The summed E-state index contributed by atoms with van der Waals surface area (Å²) in [6, 6.07) is 1.75. The van der Waals surface area contributed by atoms with Gasteiger partial charge in [-0.3, -0.25) is 0 Å². The van der Waals surface area contributed by atoms with Crippen molar-refractivity contribution in [2.45, 2.75) is 12.3 Å². The van der Waals surface area contributed by atoms with Crippen LogP contribution in [0.5, 0.6) is 0 Å². The quantitative estimate of drug-likeness (QED) is 0.800. The number of halogens is 2. The number of imidazole rings is 1. The third-order valence-electron chi connectivity index (χ3n) is 2.72. The second-order valence-electron chi connectivity index (χ2n) is 3.81. The normalized spacial score (nSPS) is 20.8. The number of aromatic amines is 1. The molecule has 2 aromatic heterocycles. The maximum absolute atomic E-state index is 5.89. The van der Waals surface area contributed by atoms with E-state index in [0.29, 0.717) is 23.2 Å². The smallest absolute Gasteiger partial charge is 0.179 e. The van der Waals surface area contributed by atoms with Gasteiger partial charge in [0, 0.05) is 12.5 Å². The Hall–Kier alpha value is -0.840. The first-order chi connectivity index (χ1) is 7.74.